The van der Waals surface area contributed by atoms with Crippen molar-refractivity contribution in [1.29, 1.82) is 0 Å². The molecule has 1 unspecified atom stereocenters. The number of para-hydroxylation sites is 1. The van der Waals surface area contributed by atoms with Gasteiger partial charge in [0, 0.05) is 30.1 Å². The number of hydrogen-bond donors (Lipinski definition) is 4. The van der Waals surface area contributed by atoms with Gasteiger partial charge in [0.2, 0.25) is 5.91 Å². The van der Waals surface area contributed by atoms with Crippen LogP contribution in [0.1, 0.15) is 56.1 Å². The number of alkyl carbamates (subject to hydrolysis) is 1. The molecule has 7 rings (SSSR count). The number of nitrogens with one attached hydrogen (secondary N) is 3. The van der Waals surface area contributed by atoms with Gasteiger partial charge in [-0.3, -0.25) is 9.59 Å². The van der Waals surface area contributed by atoms with Crippen LogP contribution in [0.2, 0.25) is 0 Å². The predicted octanol–water partition coefficient (Wildman–Crippen LogP) is 5.00. The second-order valence-corrected chi connectivity index (χ2v) is 12.3. The number of ether oxygens (including phenoxy) is 1. The first-order chi connectivity index (χ1) is 19.3. The molecule has 2 atom stereocenters. The molecule has 2 amide bonds. The SMILES string of the molecule is C[C@](Cc1c[nH]c2ccccc12)(NC(=O)OC1C2CC3CC(C2)CC1C3)C(=O)NCC(C(=O)O)c1ccccc1. The zero-order valence-electron chi connectivity index (χ0n) is 22.8. The molecule has 3 aromatic rings. The standard InChI is InChI=1S/C32H37N3O5/c1-32(16-24-17-33-27-10-6-5-9-25(24)27,30(38)34-18-26(29(36)37)21-7-3-2-4-8-21)35-31(39)40-28-22-12-19-11-20(14-22)15-23(28)13-19/h2-10,17,19-20,22-23,26,28,33H,11-16,18H2,1H3,(H,34,38)(H,35,39)(H,36,37)/t19?,20?,22?,23?,26?,28?,32-/m1/s1. The molecule has 8 nitrogen and oxygen atoms in total. The average molecular weight is 544 g/mol. The normalized spacial score (nSPS) is 27.1. The van der Waals surface area contributed by atoms with E-state index in [1.54, 1.807) is 31.2 Å². The molecule has 2 aromatic carbocycles. The lowest BCUT2D eigenvalue weighted by Gasteiger charge is -2.53. The number of aromatic amines is 1. The third-order valence-electron chi connectivity index (χ3n) is 9.45. The lowest BCUT2D eigenvalue weighted by molar-refractivity contribution is -0.139. The molecular formula is C32H37N3O5. The van der Waals surface area contributed by atoms with Crippen LogP contribution < -0.4 is 10.6 Å². The van der Waals surface area contributed by atoms with Gasteiger partial charge in [-0.2, -0.15) is 0 Å². The summed E-state index contributed by atoms with van der Waals surface area (Å²) in [6.07, 6.45) is 7.16. The number of aliphatic carboxylic acids is 1. The Balaban J connectivity index is 1.21. The molecule has 0 aliphatic heterocycles. The minimum atomic E-state index is -1.37. The van der Waals surface area contributed by atoms with E-state index in [2.05, 4.69) is 15.6 Å². The average Bonchev–Trinajstić information content (AvgIpc) is 3.33. The highest BCUT2D eigenvalue weighted by atomic mass is 16.6. The van der Waals surface area contributed by atoms with Crippen molar-refractivity contribution in [2.75, 3.05) is 6.54 Å². The minimum Gasteiger partial charge on any atom is -0.481 e. The molecule has 4 fully saturated rings. The van der Waals surface area contributed by atoms with Crippen molar-refractivity contribution in [1.82, 2.24) is 15.6 Å². The summed E-state index contributed by atoms with van der Waals surface area (Å²) in [6, 6.07) is 16.6. The second kappa shape index (κ2) is 10.6. The molecule has 4 aliphatic rings. The Morgan fingerprint density at radius 2 is 1.62 bits per heavy atom. The van der Waals surface area contributed by atoms with E-state index in [0.717, 1.165) is 54.0 Å². The summed E-state index contributed by atoms with van der Waals surface area (Å²) in [5.41, 5.74) is 1.05. The summed E-state index contributed by atoms with van der Waals surface area (Å²) in [4.78, 5) is 42.5. The Morgan fingerprint density at radius 3 is 2.30 bits per heavy atom. The maximum Gasteiger partial charge on any atom is 0.408 e. The van der Waals surface area contributed by atoms with Gasteiger partial charge >= 0.3 is 12.1 Å². The highest BCUT2D eigenvalue weighted by Crippen LogP contribution is 2.54. The van der Waals surface area contributed by atoms with Crippen molar-refractivity contribution < 1.29 is 24.2 Å². The molecule has 4 saturated carbocycles. The Bertz CT molecular complexity index is 1370. The maximum absolute atomic E-state index is 13.8. The molecule has 0 radical (unpaired) electrons. The van der Waals surface area contributed by atoms with E-state index in [1.165, 1.54) is 6.42 Å². The van der Waals surface area contributed by atoms with Gasteiger partial charge in [0.05, 0.1) is 5.92 Å². The van der Waals surface area contributed by atoms with Crippen molar-refractivity contribution in [2.24, 2.45) is 23.7 Å². The van der Waals surface area contributed by atoms with E-state index in [9.17, 15) is 19.5 Å². The van der Waals surface area contributed by atoms with Crippen LogP contribution in [0.5, 0.6) is 0 Å². The Morgan fingerprint density at radius 1 is 0.975 bits per heavy atom. The van der Waals surface area contributed by atoms with Crippen LogP contribution in [0.15, 0.2) is 60.8 Å². The molecule has 4 N–H and O–H groups in total. The predicted molar refractivity (Wildman–Crippen MR) is 151 cm³/mol. The highest BCUT2D eigenvalue weighted by molar-refractivity contribution is 5.92. The van der Waals surface area contributed by atoms with Gasteiger partial charge in [0.1, 0.15) is 11.6 Å². The van der Waals surface area contributed by atoms with Crippen LogP contribution in [-0.4, -0.2) is 46.2 Å². The van der Waals surface area contributed by atoms with Crippen molar-refractivity contribution >= 4 is 28.9 Å². The van der Waals surface area contributed by atoms with Crippen LogP contribution in [0, 0.1) is 23.7 Å². The molecule has 4 aliphatic carbocycles. The lowest BCUT2D eigenvalue weighted by Crippen LogP contribution is -2.60. The molecule has 210 valence electrons. The summed E-state index contributed by atoms with van der Waals surface area (Å²) < 4.78 is 6.08. The molecular weight excluding hydrogens is 506 g/mol. The number of amides is 2. The first kappa shape index (κ1) is 26.4. The molecule has 1 heterocycles. The Hall–Kier alpha value is -3.81. The molecule has 1 aromatic heterocycles. The van der Waals surface area contributed by atoms with Crippen LogP contribution in [0.3, 0.4) is 0 Å². The monoisotopic (exact) mass is 543 g/mol. The van der Waals surface area contributed by atoms with Gasteiger partial charge in [0.15, 0.2) is 0 Å². The summed E-state index contributed by atoms with van der Waals surface area (Å²) in [7, 11) is 0. The molecule has 8 heteroatoms. The summed E-state index contributed by atoms with van der Waals surface area (Å²) in [6.45, 7) is 1.58. The summed E-state index contributed by atoms with van der Waals surface area (Å²) >= 11 is 0. The van der Waals surface area contributed by atoms with Crippen LogP contribution in [0.25, 0.3) is 10.9 Å². The topological polar surface area (TPSA) is 121 Å². The number of carbonyl (C=O) groups excluding carboxylic acids is 2. The number of hydrogen-bond acceptors (Lipinski definition) is 4. The van der Waals surface area contributed by atoms with E-state index >= 15 is 0 Å². The number of carboxylic acids is 1. The fourth-order valence-electron chi connectivity index (χ4n) is 7.71. The first-order valence-electron chi connectivity index (χ1n) is 14.4. The van der Waals surface area contributed by atoms with E-state index in [4.69, 9.17) is 4.74 Å². The van der Waals surface area contributed by atoms with Gasteiger partial charge in [0.25, 0.3) is 0 Å². The minimum absolute atomic E-state index is 0.103. The quantitative estimate of drug-likeness (QED) is 0.303. The number of rotatable bonds is 9. The Labute approximate surface area is 233 Å². The highest BCUT2D eigenvalue weighted by Gasteiger charge is 2.50. The number of H-pyrrole nitrogens is 1. The Kier molecular flexibility index (Phi) is 7.02. The largest absolute Gasteiger partial charge is 0.481 e. The fraction of sp³-hybridized carbons (Fsp3) is 0.469. The van der Waals surface area contributed by atoms with Crippen LogP contribution in [0.4, 0.5) is 4.79 Å². The second-order valence-electron chi connectivity index (χ2n) is 12.3. The lowest BCUT2D eigenvalue weighted by atomic mass is 9.55. The van der Waals surface area contributed by atoms with Crippen LogP contribution in [-0.2, 0) is 20.7 Å². The maximum atomic E-state index is 13.8. The van der Waals surface area contributed by atoms with E-state index in [-0.39, 0.29) is 19.1 Å². The zero-order chi connectivity index (χ0) is 27.9. The third-order valence-corrected chi connectivity index (χ3v) is 9.45. The van der Waals surface area contributed by atoms with Crippen LogP contribution >= 0.6 is 0 Å². The van der Waals surface area contributed by atoms with Gasteiger partial charge in [-0.25, -0.2) is 4.79 Å². The summed E-state index contributed by atoms with van der Waals surface area (Å²) in [5, 5.41) is 16.6. The van der Waals surface area contributed by atoms with E-state index in [0.29, 0.717) is 17.4 Å². The smallest absolute Gasteiger partial charge is 0.408 e. The van der Waals surface area contributed by atoms with Crippen molar-refractivity contribution in [3.8, 4) is 0 Å². The van der Waals surface area contributed by atoms with Gasteiger partial charge in [-0.1, -0.05) is 48.5 Å². The molecule has 0 saturated heterocycles. The molecule has 0 spiro atoms. The van der Waals surface area contributed by atoms with Crippen molar-refractivity contribution in [3.63, 3.8) is 0 Å². The van der Waals surface area contributed by atoms with Gasteiger partial charge in [-0.05, 0) is 79.9 Å². The van der Waals surface area contributed by atoms with E-state index in [1.807, 2.05) is 36.5 Å². The number of benzene rings is 2. The first-order valence-corrected chi connectivity index (χ1v) is 14.4. The third kappa shape index (κ3) is 5.19. The number of carboxylic acid groups (broad SMARTS) is 1. The van der Waals surface area contributed by atoms with E-state index < -0.39 is 29.4 Å². The molecule has 4 bridgehead atoms. The molecule has 40 heavy (non-hydrogen) atoms. The number of carbonyl (C=O) groups is 3. The van der Waals surface area contributed by atoms with Gasteiger partial charge in [-0.15, -0.1) is 0 Å². The van der Waals surface area contributed by atoms with Crippen molar-refractivity contribution in [2.45, 2.75) is 63.0 Å². The van der Waals surface area contributed by atoms with Gasteiger partial charge < -0.3 is 25.5 Å². The number of aromatic nitrogens is 1. The number of fused-ring (bicyclic) bond motifs is 1. The fourth-order valence-corrected chi connectivity index (χ4v) is 7.71. The zero-order valence-corrected chi connectivity index (χ0v) is 22.8. The summed E-state index contributed by atoms with van der Waals surface area (Å²) in [5.74, 6) is -0.0791. The van der Waals surface area contributed by atoms with Crippen molar-refractivity contribution in [3.05, 3.63) is 71.9 Å².